The number of fused-ring (bicyclic) bond motifs is 8. The van der Waals surface area contributed by atoms with Gasteiger partial charge in [-0.2, -0.15) is 0 Å². The van der Waals surface area contributed by atoms with Gasteiger partial charge in [-0.15, -0.1) is 0 Å². The largest absolute Gasteiger partial charge is 0.0616 e. The molecule has 230 valence electrons. The van der Waals surface area contributed by atoms with E-state index in [1.165, 1.54) is 98.7 Å². The first-order valence-corrected chi connectivity index (χ1v) is 17.3. The summed E-state index contributed by atoms with van der Waals surface area (Å²) >= 11 is 0. The van der Waals surface area contributed by atoms with Crippen LogP contribution in [-0.2, 0) is 5.41 Å². The van der Waals surface area contributed by atoms with Gasteiger partial charge in [-0.1, -0.05) is 178 Å². The monoisotopic (exact) mass is 622 g/mol. The van der Waals surface area contributed by atoms with E-state index in [2.05, 4.69) is 184 Å². The van der Waals surface area contributed by atoms with E-state index in [-0.39, 0.29) is 5.41 Å². The maximum atomic E-state index is 2.42. The molecule has 9 aromatic carbocycles. The molecule has 10 rings (SSSR count). The van der Waals surface area contributed by atoms with E-state index >= 15 is 0 Å². The zero-order valence-corrected chi connectivity index (χ0v) is 27.7. The van der Waals surface area contributed by atoms with E-state index in [1.807, 2.05) is 0 Å². The molecule has 0 heteroatoms. The predicted octanol–water partition coefficient (Wildman–Crippen LogP) is 13.6. The Morgan fingerprint density at radius 2 is 0.837 bits per heavy atom. The van der Waals surface area contributed by atoms with Crippen LogP contribution < -0.4 is 0 Å². The van der Waals surface area contributed by atoms with Crippen LogP contribution in [0.2, 0.25) is 0 Å². The Morgan fingerprint density at radius 3 is 1.55 bits per heavy atom. The lowest BCUT2D eigenvalue weighted by molar-refractivity contribution is 0.666. The Kier molecular flexibility index (Phi) is 6.02. The van der Waals surface area contributed by atoms with Crippen LogP contribution in [0.15, 0.2) is 170 Å². The van der Waals surface area contributed by atoms with Crippen LogP contribution in [0.4, 0.5) is 0 Å². The molecule has 0 saturated carbocycles. The van der Waals surface area contributed by atoms with E-state index in [0.717, 1.165) is 0 Å². The molecule has 9 aromatic rings. The van der Waals surface area contributed by atoms with Gasteiger partial charge in [-0.3, -0.25) is 0 Å². The molecular formula is C49H34. The highest BCUT2D eigenvalue weighted by Gasteiger charge is 2.38. The smallest absolute Gasteiger partial charge is 0.0165 e. The standard InChI is InChI=1S/C49H34/c1-49(2)44-27-13-25-36(47(44)43-29-28-32-15-4-6-20-37(32)48(43)49)33-17-11-18-34(30-33)45-39-21-7-9-23-41(39)46(42-24-10-8-22-40(42)45)38-26-12-16-31-14-3-5-19-35(31)38/h3-30H,1-2H3. The fourth-order valence-electron chi connectivity index (χ4n) is 8.91. The number of rotatable bonds is 3. The number of benzene rings is 9. The maximum absolute atomic E-state index is 2.42. The molecule has 0 saturated heterocycles. The van der Waals surface area contributed by atoms with Gasteiger partial charge in [0.2, 0.25) is 0 Å². The summed E-state index contributed by atoms with van der Waals surface area (Å²) < 4.78 is 0. The second-order valence-electron chi connectivity index (χ2n) is 14.0. The Hall–Kier alpha value is -5.98. The first-order valence-electron chi connectivity index (χ1n) is 17.3. The Balaban J connectivity index is 1.23. The van der Waals surface area contributed by atoms with Gasteiger partial charge in [0.25, 0.3) is 0 Å². The minimum Gasteiger partial charge on any atom is -0.0616 e. The molecule has 0 radical (unpaired) electrons. The molecule has 1 aliphatic rings. The highest BCUT2D eigenvalue weighted by atomic mass is 14.4. The first kappa shape index (κ1) is 28.1. The summed E-state index contributed by atoms with van der Waals surface area (Å²) in [5.74, 6) is 0. The second-order valence-corrected chi connectivity index (χ2v) is 14.0. The van der Waals surface area contributed by atoms with Gasteiger partial charge in [0, 0.05) is 5.41 Å². The van der Waals surface area contributed by atoms with Gasteiger partial charge in [-0.25, -0.2) is 0 Å². The van der Waals surface area contributed by atoms with E-state index in [0.29, 0.717) is 0 Å². The van der Waals surface area contributed by atoms with Crippen LogP contribution in [0.3, 0.4) is 0 Å². The molecule has 0 spiro atoms. The molecule has 1 aliphatic carbocycles. The number of hydrogen-bond donors (Lipinski definition) is 0. The fourth-order valence-corrected chi connectivity index (χ4v) is 8.91. The summed E-state index contributed by atoms with van der Waals surface area (Å²) in [5.41, 5.74) is 13.1. The molecule has 0 fully saturated rings. The molecule has 0 unspecified atom stereocenters. The van der Waals surface area contributed by atoms with Crippen molar-refractivity contribution >= 4 is 43.1 Å². The van der Waals surface area contributed by atoms with Crippen LogP contribution in [0, 0.1) is 0 Å². The van der Waals surface area contributed by atoms with Crippen molar-refractivity contribution in [3.8, 4) is 44.5 Å². The van der Waals surface area contributed by atoms with Crippen LogP contribution in [0.5, 0.6) is 0 Å². The fraction of sp³-hybridized carbons (Fsp3) is 0.0612. The third-order valence-corrected chi connectivity index (χ3v) is 11.0. The van der Waals surface area contributed by atoms with Crippen molar-refractivity contribution in [2.75, 3.05) is 0 Å². The third-order valence-electron chi connectivity index (χ3n) is 11.0. The van der Waals surface area contributed by atoms with Crippen molar-refractivity contribution < 1.29 is 0 Å². The zero-order chi connectivity index (χ0) is 32.7. The van der Waals surface area contributed by atoms with Crippen molar-refractivity contribution in [2.24, 2.45) is 0 Å². The second kappa shape index (κ2) is 10.5. The molecule has 0 N–H and O–H groups in total. The van der Waals surface area contributed by atoms with Crippen molar-refractivity contribution in [1.82, 2.24) is 0 Å². The van der Waals surface area contributed by atoms with Crippen molar-refractivity contribution in [2.45, 2.75) is 19.3 Å². The molecular weight excluding hydrogens is 589 g/mol. The highest BCUT2D eigenvalue weighted by Crippen LogP contribution is 2.54. The molecule has 0 aromatic heterocycles. The van der Waals surface area contributed by atoms with E-state index in [1.54, 1.807) is 0 Å². The Labute approximate surface area is 286 Å². The lowest BCUT2D eigenvalue weighted by Gasteiger charge is -2.23. The minimum absolute atomic E-state index is 0.0942. The molecule has 0 aliphatic heterocycles. The summed E-state index contributed by atoms with van der Waals surface area (Å²) in [6, 6.07) is 63.1. The van der Waals surface area contributed by atoms with Crippen molar-refractivity contribution in [3.63, 3.8) is 0 Å². The molecule has 0 heterocycles. The summed E-state index contributed by atoms with van der Waals surface area (Å²) in [6.45, 7) is 4.78. The summed E-state index contributed by atoms with van der Waals surface area (Å²) in [4.78, 5) is 0. The zero-order valence-electron chi connectivity index (χ0n) is 27.7. The van der Waals surface area contributed by atoms with Crippen LogP contribution in [0.1, 0.15) is 25.0 Å². The van der Waals surface area contributed by atoms with Crippen LogP contribution >= 0.6 is 0 Å². The predicted molar refractivity (Wildman–Crippen MR) is 210 cm³/mol. The van der Waals surface area contributed by atoms with E-state index in [9.17, 15) is 0 Å². The maximum Gasteiger partial charge on any atom is 0.0165 e. The number of hydrogen-bond acceptors (Lipinski definition) is 0. The lowest BCUT2D eigenvalue weighted by Crippen LogP contribution is -2.15. The molecule has 0 nitrogen and oxygen atoms in total. The van der Waals surface area contributed by atoms with Gasteiger partial charge in [0.1, 0.15) is 0 Å². The SMILES string of the molecule is CC1(C)c2cccc(-c3cccc(-c4c5ccccc5c(-c5cccc6ccccc56)c5ccccc45)c3)c2-c2ccc3ccccc3c21. The van der Waals surface area contributed by atoms with Gasteiger partial charge >= 0.3 is 0 Å². The van der Waals surface area contributed by atoms with Crippen molar-refractivity contribution in [1.29, 1.82) is 0 Å². The average molecular weight is 623 g/mol. The summed E-state index contributed by atoms with van der Waals surface area (Å²) in [7, 11) is 0. The van der Waals surface area contributed by atoms with Gasteiger partial charge in [-0.05, 0) is 105 Å². The average Bonchev–Trinajstić information content (AvgIpc) is 3.40. The Bertz CT molecular complexity index is 2730. The van der Waals surface area contributed by atoms with E-state index < -0.39 is 0 Å². The van der Waals surface area contributed by atoms with Gasteiger partial charge in [0.05, 0.1) is 0 Å². The minimum atomic E-state index is -0.0942. The van der Waals surface area contributed by atoms with Gasteiger partial charge < -0.3 is 0 Å². The Morgan fingerprint density at radius 1 is 0.327 bits per heavy atom. The van der Waals surface area contributed by atoms with Gasteiger partial charge in [0.15, 0.2) is 0 Å². The highest BCUT2D eigenvalue weighted by molar-refractivity contribution is 6.23. The molecule has 0 amide bonds. The first-order chi connectivity index (χ1) is 24.1. The van der Waals surface area contributed by atoms with Crippen LogP contribution in [0.25, 0.3) is 87.6 Å². The summed E-state index contributed by atoms with van der Waals surface area (Å²) in [6.07, 6.45) is 0. The topological polar surface area (TPSA) is 0 Å². The van der Waals surface area contributed by atoms with Crippen molar-refractivity contribution in [3.05, 3.63) is 181 Å². The molecule has 0 bridgehead atoms. The molecule has 49 heavy (non-hydrogen) atoms. The van der Waals surface area contributed by atoms with Crippen LogP contribution in [-0.4, -0.2) is 0 Å². The lowest BCUT2D eigenvalue weighted by atomic mass is 9.80. The molecule has 0 atom stereocenters. The van der Waals surface area contributed by atoms with E-state index in [4.69, 9.17) is 0 Å². The third kappa shape index (κ3) is 4.04. The quantitative estimate of drug-likeness (QED) is 0.172. The summed E-state index contributed by atoms with van der Waals surface area (Å²) in [5, 5.41) is 10.3. The normalized spacial score (nSPS) is 13.3.